The van der Waals surface area contributed by atoms with Crippen molar-refractivity contribution in [2.75, 3.05) is 44.7 Å². The number of amides is 1. The Morgan fingerprint density at radius 2 is 1.85 bits per heavy atom. The number of unbranched alkanes of at least 4 members (excludes halogenated alkanes) is 1. The van der Waals surface area contributed by atoms with E-state index >= 15 is 0 Å². The van der Waals surface area contributed by atoms with Crippen LogP contribution < -0.4 is 4.90 Å². The van der Waals surface area contributed by atoms with Crippen LogP contribution in [0.3, 0.4) is 0 Å². The first-order chi connectivity index (χ1) is 13.2. The van der Waals surface area contributed by atoms with Gasteiger partial charge in [0.15, 0.2) is 0 Å². The number of hydrogen-bond donors (Lipinski definition) is 0. The maximum absolute atomic E-state index is 12.6. The van der Waals surface area contributed by atoms with Crippen LogP contribution in [0, 0.1) is 0 Å². The number of piperazine rings is 1. The van der Waals surface area contributed by atoms with Crippen molar-refractivity contribution in [2.24, 2.45) is 0 Å². The van der Waals surface area contributed by atoms with Crippen LogP contribution in [-0.4, -0.2) is 60.5 Å². The van der Waals surface area contributed by atoms with E-state index in [9.17, 15) is 4.79 Å². The molecule has 0 aliphatic carbocycles. The van der Waals surface area contributed by atoms with Crippen molar-refractivity contribution < 1.29 is 4.79 Å². The molecule has 1 amide bonds. The SMILES string of the molecule is CCCCN(C)C(=O)c1cncc(N2CCN(Cc3ccccc3)CC2)c1. The van der Waals surface area contributed by atoms with Gasteiger partial charge in [0.25, 0.3) is 5.91 Å². The molecule has 0 atom stereocenters. The molecule has 0 unspecified atom stereocenters. The van der Waals surface area contributed by atoms with E-state index in [2.05, 4.69) is 52.0 Å². The van der Waals surface area contributed by atoms with Gasteiger partial charge in [0.05, 0.1) is 17.4 Å². The largest absolute Gasteiger partial charge is 0.368 e. The Labute approximate surface area is 162 Å². The summed E-state index contributed by atoms with van der Waals surface area (Å²) in [5.41, 5.74) is 3.08. The molecule has 0 spiro atoms. The molecule has 1 fully saturated rings. The number of benzene rings is 1. The Morgan fingerprint density at radius 1 is 1.11 bits per heavy atom. The summed E-state index contributed by atoms with van der Waals surface area (Å²) in [6.45, 7) is 7.87. The van der Waals surface area contributed by atoms with Crippen LogP contribution in [0.4, 0.5) is 5.69 Å². The van der Waals surface area contributed by atoms with Crippen molar-refractivity contribution in [3.8, 4) is 0 Å². The van der Waals surface area contributed by atoms with Gasteiger partial charge in [-0.1, -0.05) is 43.7 Å². The zero-order valence-electron chi connectivity index (χ0n) is 16.5. The second-order valence-electron chi connectivity index (χ2n) is 7.26. The van der Waals surface area contributed by atoms with Gasteiger partial charge in [-0.3, -0.25) is 14.7 Å². The van der Waals surface area contributed by atoms with E-state index in [1.807, 2.05) is 19.3 Å². The summed E-state index contributed by atoms with van der Waals surface area (Å²) in [5.74, 6) is 0.0560. The Balaban J connectivity index is 1.57. The lowest BCUT2D eigenvalue weighted by Gasteiger charge is -2.36. The number of pyridine rings is 1. The molecule has 1 aliphatic heterocycles. The minimum absolute atomic E-state index is 0.0560. The molecule has 3 rings (SSSR count). The molecule has 0 bridgehead atoms. The smallest absolute Gasteiger partial charge is 0.255 e. The average Bonchev–Trinajstić information content (AvgIpc) is 2.73. The predicted molar refractivity (Wildman–Crippen MR) is 110 cm³/mol. The third-order valence-electron chi connectivity index (χ3n) is 5.15. The van der Waals surface area contributed by atoms with E-state index in [1.54, 1.807) is 11.1 Å². The van der Waals surface area contributed by atoms with E-state index in [4.69, 9.17) is 0 Å². The quantitative estimate of drug-likeness (QED) is 0.754. The van der Waals surface area contributed by atoms with Crippen LogP contribution in [0.1, 0.15) is 35.7 Å². The highest BCUT2D eigenvalue weighted by atomic mass is 16.2. The van der Waals surface area contributed by atoms with Gasteiger partial charge in [-0.15, -0.1) is 0 Å². The number of carbonyl (C=O) groups is 1. The zero-order valence-corrected chi connectivity index (χ0v) is 16.5. The van der Waals surface area contributed by atoms with Gasteiger partial charge < -0.3 is 9.80 Å². The van der Waals surface area contributed by atoms with Gasteiger partial charge in [-0.2, -0.15) is 0 Å². The fraction of sp³-hybridized carbons (Fsp3) is 0.455. The summed E-state index contributed by atoms with van der Waals surface area (Å²) in [6, 6.07) is 12.6. The Hall–Kier alpha value is -2.40. The van der Waals surface area contributed by atoms with Crippen molar-refractivity contribution >= 4 is 11.6 Å². The summed E-state index contributed by atoms with van der Waals surface area (Å²) in [7, 11) is 1.87. The highest BCUT2D eigenvalue weighted by Gasteiger charge is 2.19. The number of hydrogen-bond acceptors (Lipinski definition) is 4. The van der Waals surface area contributed by atoms with Gasteiger partial charge in [-0.25, -0.2) is 0 Å². The first kappa shape index (κ1) is 19.4. The molecule has 5 nitrogen and oxygen atoms in total. The maximum atomic E-state index is 12.6. The normalized spacial score (nSPS) is 15.0. The molecule has 0 radical (unpaired) electrons. The molecule has 1 aliphatic rings. The molecular formula is C22H30N4O. The Bertz CT molecular complexity index is 726. The fourth-order valence-corrected chi connectivity index (χ4v) is 3.44. The van der Waals surface area contributed by atoms with Crippen molar-refractivity contribution in [2.45, 2.75) is 26.3 Å². The molecule has 144 valence electrons. The second-order valence-corrected chi connectivity index (χ2v) is 7.26. The number of nitrogens with zero attached hydrogens (tertiary/aromatic N) is 4. The lowest BCUT2D eigenvalue weighted by Crippen LogP contribution is -2.46. The fourth-order valence-electron chi connectivity index (χ4n) is 3.44. The molecule has 5 heteroatoms. The third-order valence-corrected chi connectivity index (χ3v) is 5.15. The lowest BCUT2D eigenvalue weighted by atomic mass is 10.2. The monoisotopic (exact) mass is 366 g/mol. The topological polar surface area (TPSA) is 39.7 Å². The number of aromatic nitrogens is 1. The van der Waals surface area contributed by atoms with Gasteiger partial charge in [-0.05, 0) is 18.1 Å². The molecule has 1 saturated heterocycles. The van der Waals surface area contributed by atoms with Crippen LogP contribution in [0.15, 0.2) is 48.8 Å². The molecule has 27 heavy (non-hydrogen) atoms. The van der Waals surface area contributed by atoms with Crippen molar-refractivity contribution in [1.29, 1.82) is 0 Å². The number of carbonyl (C=O) groups excluding carboxylic acids is 1. The molecule has 0 N–H and O–H groups in total. The highest BCUT2D eigenvalue weighted by Crippen LogP contribution is 2.18. The lowest BCUT2D eigenvalue weighted by molar-refractivity contribution is 0.0793. The van der Waals surface area contributed by atoms with Crippen molar-refractivity contribution in [3.63, 3.8) is 0 Å². The van der Waals surface area contributed by atoms with Crippen LogP contribution in [0.5, 0.6) is 0 Å². The second kappa shape index (κ2) is 9.51. The number of anilines is 1. The Kier molecular flexibility index (Phi) is 6.82. The predicted octanol–water partition coefficient (Wildman–Crippen LogP) is 3.28. The standard InChI is InChI=1S/C22H30N4O/c1-3-4-10-24(2)22(27)20-15-21(17-23-16-20)26-13-11-25(12-14-26)18-19-8-6-5-7-9-19/h5-9,15-17H,3-4,10-14,18H2,1-2H3. The molecule has 0 saturated carbocycles. The zero-order chi connectivity index (χ0) is 19.1. The van der Waals surface area contributed by atoms with Crippen LogP contribution in [-0.2, 0) is 6.54 Å². The van der Waals surface area contributed by atoms with Crippen LogP contribution in [0.25, 0.3) is 0 Å². The summed E-state index contributed by atoms with van der Waals surface area (Å²) < 4.78 is 0. The highest BCUT2D eigenvalue weighted by molar-refractivity contribution is 5.94. The summed E-state index contributed by atoms with van der Waals surface area (Å²) in [6.07, 6.45) is 5.66. The Morgan fingerprint density at radius 3 is 2.56 bits per heavy atom. The van der Waals surface area contributed by atoms with Crippen LogP contribution in [0.2, 0.25) is 0 Å². The van der Waals surface area contributed by atoms with E-state index in [-0.39, 0.29) is 5.91 Å². The van der Waals surface area contributed by atoms with Gasteiger partial charge in [0.1, 0.15) is 0 Å². The number of rotatable bonds is 7. The molecule has 2 heterocycles. The first-order valence-corrected chi connectivity index (χ1v) is 9.89. The van der Waals surface area contributed by atoms with E-state index in [0.717, 1.165) is 57.8 Å². The molecule has 1 aromatic heterocycles. The van der Waals surface area contributed by atoms with Crippen molar-refractivity contribution in [3.05, 3.63) is 59.9 Å². The van der Waals surface area contributed by atoms with E-state index in [1.165, 1.54) is 5.56 Å². The average molecular weight is 367 g/mol. The van der Waals surface area contributed by atoms with E-state index < -0.39 is 0 Å². The molecule has 2 aromatic rings. The van der Waals surface area contributed by atoms with Gasteiger partial charge in [0, 0.05) is 52.5 Å². The van der Waals surface area contributed by atoms with Crippen LogP contribution >= 0.6 is 0 Å². The summed E-state index contributed by atoms with van der Waals surface area (Å²) >= 11 is 0. The van der Waals surface area contributed by atoms with Crippen molar-refractivity contribution in [1.82, 2.24) is 14.8 Å². The minimum atomic E-state index is 0.0560. The summed E-state index contributed by atoms with van der Waals surface area (Å²) in [4.78, 5) is 23.5. The molecular weight excluding hydrogens is 336 g/mol. The van der Waals surface area contributed by atoms with E-state index in [0.29, 0.717) is 5.56 Å². The minimum Gasteiger partial charge on any atom is -0.368 e. The first-order valence-electron chi connectivity index (χ1n) is 9.89. The maximum Gasteiger partial charge on any atom is 0.255 e. The summed E-state index contributed by atoms with van der Waals surface area (Å²) in [5, 5.41) is 0. The van der Waals surface area contributed by atoms with Gasteiger partial charge >= 0.3 is 0 Å². The molecule has 1 aromatic carbocycles. The third kappa shape index (κ3) is 5.30. The van der Waals surface area contributed by atoms with Gasteiger partial charge in [0.2, 0.25) is 0 Å².